The number of halogens is 1. The van der Waals surface area contributed by atoms with Gasteiger partial charge in [0.25, 0.3) is 5.91 Å². The lowest BCUT2D eigenvalue weighted by Gasteiger charge is -2.18. The first-order valence-corrected chi connectivity index (χ1v) is 11.4. The number of rotatable bonds is 6. The Hall–Kier alpha value is -1.86. The Morgan fingerprint density at radius 2 is 2.10 bits per heavy atom. The maximum absolute atomic E-state index is 12.6. The van der Waals surface area contributed by atoms with E-state index >= 15 is 0 Å². The van der Waals surface area contributed by atoms with Crippen molar-refractivity contribution in [2.24, 2.45) is 5.92 Å². The Labute approximate surface area is 183 Å². The molecule has 0 fully saturated rings. The van der Waals surface area contributed by atoms with Crippen LogP contribution in [0.1, 0.15) is 59.5 Å². The van der Waals surface area contributed by atoms with Gasteiger partial charge in [0.2, 0.25) is 0 Å². The molecule has 3 rings (SSSR count). The van der Waals surface area contributed by atoms with Crippen LogP contribution in [0.5, 0.6) is 5.75 Å². The molecule has 0 spiro atoms. The second-order valence-corrected chi connectivity index (χ2v) is 9.74. The molecule has 7 heteroatoms. The van der Waals surface area contributed by atoms with Crippen LogP contribution in [0.25, 0.3) is 0 Å². The molecule has 2 aromatic rings. The van der Waals surface area contributed by atoms with Gasteiger partial charge in [0, 0.05) is 9.35 Å². The van der Waals surface area contributed by atoms with Crippen LogP contribution < -0.4 is 10.1 Å². The van der Waals surface area contributed by atoms with Crippen molar-refractivity contribution in [3.05, 3.63) is 44.2 Å². The Morgan fingerprint density at radius 1 is 1.34 bits per heavy atom. The Balaban J connectivity index is 1.75. The Bertz CT molecular complexity index is 922. The van der Waals surface area contributed by atoms with Crippen LogP contribution in [0.4, 0.5) is 5.00 Å². The Morgan fingerprint density at radius 3 is 2.79 bits per heavy atom. The number of methoxy groups -OCH3 is 1. The van der Waals surface area contributed by atoms with Gasteiger partial charge in [-0.1, -0.05) is 36.7 Å². The van der Waals surface area contributed by atoms with Crippen molar-refractivity contribution < 1.29 is 19.1 Å². The molecule has 156 valence electrons. The average molecular weight is 480 g/mol. The molecule has 1 aromatic carbocycles. The molecular weight excluding hydrogens is 454 g/mol. The smallest absolute Gasteiger partial charge is 0.341 e. The lowest BCUT2D eigenvalue weighted by Crippen LogP contribution is -2.21. The fourth-order valence-electron chi connectivity index (χ4n) is 3.56. The van der Waals surface area contributed by atoms with E-state index in [1.807, 2.05) is 18.2 Å². The first-order chi connectivity index (χ1) is 13.8. The van der Waals surface area contributed by atoms with Crippen molar-refractivity contribution in [2.75, 3.05) is 19.0 Å². The summed E-state index contributed by atoms with van der Waals surface area (Å²) < 4.78 is 11.7. The van der Waals surface area contributed by atoms with E-state index < -0.39 is 5.97 Å². The largest absolute Gasteiger partial charge is 0.483 e. The van der Waals surface area contributed by atoms with Crippen LogP contribution in [0.15, 0.2) is 22.7 Å². The van der Waals surface area contributed by atoms with Crippen molar-refractivity contribution in [3.8, 4) is 5.75 Å². The second kappa shape index (κ2) is 9.30. The first-order valence-electron chi connectivity index (χ1n) is 9.75. The third-order valence-corrected chi connectivity index (χ3v) is 6.77. The maximum atomic E-state index is 12.6. The molecule has 29 heavy (non-hydrogen) atoms. The fraction of sp³-hybridized carbons (Fsp3) is 0.455. The van der Waals surface area contributed by atoms with Crippen LogP contribution in [-0.4, -0.2) is 25.6 Å². The van der Waals surface area contributed by atoms with Crippen LogP contribution in [0, 0.1) is 5.92 Å². The van der Waals surface area contributed by atoms with Gasteiger partial charge in [0.05, 0.1) is 12.7 Å². The minimum absolute atomic E-state index is 0.124. The highest BCUT2D eigenvalue weighted by Gasteiger charge is 2.29. The minimum Gasteiger partial charge on any atom is -0.483 e. The zero-order valence-corrected chi connectivity index (χ0v) is 19.5. The zero-order chi connectivity index (χ0) is 21.1. The molecule has 5 nitrogen and oxygen atoms in total. The van der Waals surface area contributed by atoms with Crippen molar-refractivity contribution in [2.45, 2.75) is 46.0 Å². The van der Waals surface area contributed by atoms with Gasteiger partial charge >= 0.3 is 5.97 Å². The van der Waals surface area contributed by atoms with Gasteiger partial charge in [0.15, 0.2) is 6.61 Å². The van der Waals surface area contributed by atoms with Crippen LogP contribution in [-0.2, 0) is 22.4 Å². The number of amides is 1. The number of ether oxygens (including phenoxy) is 2. The van der Waals surface area contributed by atoms with E-state index in [0.29, 0.717) is 22.2 Å². The number of anilines is 1. The van der Waals surface area contributed by atoms with Gasteiger partial charge in [-0.3, -0.25) is 4.79 Å². The predicted molar refractivity (Wildman–Crippen MR) is 119 cm³/mol. The van der Waals surface area contributed by atoms with Gasteiger partial charge in [-0.2, -0.15) is 0 Å². The van der Waals surface area contributed by atoms with Crippen molar-refractivity contribution in [1.29, 1.82) is 0 Å². The molecule has 0 radical (unpaired) electrons. The third-order valence-electron chi connectivity index (χ3n) is 5.11. The minimum atomic E-state index is -0.400. The molecule has 1 unspecified atom stereocenters. The van der Waals surface area contributed by atoms with Gasteiger partial charge in [-0.15, -0.1) is 11.3 Å². The van der Waals surface area contributed by atoms with E-state index in [9.17, 15) is 9.59 Å². The molecule has 1 aromatic heterocycles. The highest BCUT2D eigenvalue weighted by atomic mass is 79.9. The van der Waals surface area contributed by atoms with Crippen molar-refractivity contribution >= 4 is 44.1 Å². The molecule has 1 amide bonds. The molecule has 1 atom stereocenters. The summed E-state index contributed by atoms with van der Waals surface area (Å²) in [6.45, 7) is 6.24. The summed E-state index contributed by atoms with van der Waals surface area (Å²) in [6, 6.07) is 5.75. The van der Waals surface area contributed by atoms with Crippen LogP contribution in [0.2, 0.25) is 0 Å². The topological polar surface area (TPSA) is 64.6 Å². The molecular formula is C22H26BrNO4S. The number of carbonyl (C=O) groups is 2. The Kier molecular flexibility index (Phi) is 7.01. The van der Waals surface area contributed by atoms with Gasteiger partial charge in [-0.05, 0) is 60.4 Å². The van der Waals surface area contributed by atoms with Gasteiger partial charge in [0.1, 0.15) is 10.8 Å². The summed E-state index contributed by atoms with van der Waals surface area (Å²) in [7, 11) is 1.37. The average Bonchev–Trinajstić information content (AvgIpc) is 3.02. The lowest BCUT2D eigenvalue weighted by molar-refractivity contribution is -0.118. The summed E-state index contributed by atoms with van der Waals surface area (Å²) in [5.74, 6) is 0.835. The zero-order valence-electron chi connectivity index (χ0n) is 17.1. The summed E-state index contributed by atoms with van der Waals surface area (Å²) in [6.07, 6.45) is 2.79. The summed E-state index contributed by atoms with van der Waals surface area (Å²) in [4.78, 5) is 26.1. The molecule has 1 aliphatic carbocycles. The number of thiophene rings is 1. The predicted octanol–water partition coefficient (Wildman–Crippen LogP) is 5.56. The lowest BCUT2D eigenvalue weighted by atomic mass is 9.88. The number of fused-ring (bicyclic) bond motifs is 1. The number of nitrogens with one attached hydrogen (secondary N) is 1. The highest BCUT2D eigenvalue weighted by Crippen LogP contribution is 2.40. The summed E-state index contributed by atoms with van der Waals surface area (Å²) in [5, 5.41) is 3.43. The third kappa shape index (κ3) is 5.01. The standard InChI is InChI=1S/C22H26BrNO4S/c1-12(2)16-10-14(23)6-8-17(16)28-11-19(25)24-21-20(22(26)27-4)15-7-5-13(3)9-18(15)29-21/h6,8,10,12-13H,5,7,9,11H2,1-4H3,(H,24,25). The number of esters is 1. The maximum Gasteiger partial charge on any atom is 0.341 e. The summed E-state index contributed by atoms with van der Waals surface area (Å²) >= 11 is 4.95. The quantitative estimate of drug-likeness (QED) is 0.550. The molecule has 1 heterocycles. The number of carbonyl (C=O) groups excluding carboxylic acids is 2. The molecule has 1 N–H and O–H groups in total. The molecule has 0 saturated heterocycles. The van der Waals surface area contributed by atoms with E-state index in [2.05, 4.69) is 42.0 Å². The van der Waals surface area contributed by atoms with E-state index in [0.717, 1.165) is 39.7 Å². The molecule has 0 saturated carbocycles. The van der Waals surface area contributed by atoms with E-state index in [1.165, 1.54) is 18.4 Å². The van der Waals surface area contributed by atoms with E-state index in [4.69, 9.17) is 9.47 Å². The van der Waals surface area contributed by atoms with Crippen LogP contribution >= 0.6 is 27.3 Å². The van der Waals surface area contributed by atoms with Crippen molar-refractivity contribution in [1.82, 2.24) is 0 Å². The van der Waals surface area contributed by atoms with Gasteiger partial charge < -0.3 is 14.8 Å². The SMILES string of the molecule is COC(=O)c1c(NC(=O)COc2ccc(Br)cc2C(C)C)sc2c1CCC(C)C2. The number of benzene rings is 1. The molecule has 1 aliphatic rings. The van der Waals surface area contributed by atoms with E-state index in [1.54, 1.807) is 0 Å². The fourth-order valence-corrected chi connectivity index (χ4v) is 5.36. The first kappa shape index (κ1) is 21.8. The van der Waals surface area contributed by atoms with Crippen molar-refractivity contribution in [3.63, 3.8) is 0 Å². The molecule has 0 bridgehead atoms. The molecule has 0 aliphatic heterocycles. The van der Waals surface area contributed by atoms with Gasteiger partial charge in [-0.25, -0.2) is 4.79 Å². The monoisotopic (exact) mass is 479 g/mol. The van der Waals surface area contributed by atoms with Crippen LogP contribution in [0.3, 0.4) is 0 Å². The summed E-state index contributed by atoms with van der Waals surface area (Å²) in [5.41, 5.74) is 2.55. The van der Waals surface area contributed by atoms with E-state index in [-0.39, 0.29) is 18.4 Å². The second-order valence-electron chi connectivity index (χ2n) is 7.72. The highest BCUT2D eigenvalue weighted by molar-refractivity contribution is 9.10. The number of hydrogen-bond acceptors (Lipinski definition) is 5. The normalized spacial score (nSPS) is 15.7. The number of hydrogen-bond donors (Lipinski definition) is 1.